The third kappa shape index (κ3) is 4.53. The standard InChI is InChI=1S/C15H23ClN4S/c1-4-20(5-2)9-6-7-11(3)17-13-12-8-10-21-14(12)19-15(16)18-13/h8,10-11H,4-7,9H2,1-3H3,(H,17,18,19). The zero-order chi connectivity index (χ0) is 15.2. The van der Waals surface area contributed by atoms with E-state index in [1.165, 1.54) is 6.42 Å². The van der Waals surface area contributed by atoms with Gasteiger partial charge in [-0.3, -0.25) is 0 Å². The van der Waals surface area contributed by atoms with Gasteiger partial charge in [-0.15, -0.1) is 11.3 Å². The summed E-state index contributed by atoms with van der Waals surface area (Å²) in [7, 11) is 0. The predicted octanol–water partition coefficient (Wildman–Crippen LogP) is 4.27. The van der Waals surface area contributed by atoms with Gasteiger partial charge in [0, 0.05) is 6.04 Å². The Morgan fingerprint density at radius 1 is 1.33 bits per heavy atom. The zero-order valence-electron chi connectivity index (χ0n) is 12.9. The number of aromatic nitrogens is 2. The molecule has 0 saturated heterocycles. The Morgan fingerprint density at radius 3 is 2.81 bits per heavy atom. The molecule has 1 unspecified atom stereocenters. The molecular weight excluding hydrogens is 304 g/mol. The number of halogens is 1. The van der Waals surface area contributed by atoms with E-state index in [-0.39, 0.29) is 0 Å². The van der Waals surface area contributed by atoms with Crippen molar-refractivity contribution in [3.8, 4) is 0 Å². The minimum atomic E-state index is 0.308. The normalized spacial score (nSPS) is 13.0. The smallest absolute Gasteiger partial charge is 0.225 e. The molecule has 1 atom stereocenters. The van der Waals surface area contributed by atoms with Gasteiger partial charge in [-0.25, -0.2) is 9.97 Å². The van der Waals surface area contributed by atoms with Gasteiger partial charge in [-0.2, -0.15) is 0 Å². The molecule has 0 saturated carbocycles. The van der Waals surface area contributed by atoms with Crippen molar-refractivity contribution >= 4 is 39.0 Å². The van der Waals surface area contributed by atoms with E-state index >= 15 is 0 Å². The van der Waals surface area contributed by atoms with Crippen LogP contribution in [0.2, 0.25) is 5.28 Å². The van der Waals surface area contributed by atoms with Crippen molar-refractivity contribution in [2.24, 2.45) is 0 Å². The van der Waals surface area contributed by atoms with E-state index in [2.05, 4.69) is 41.0 Å². The van der Waals surface area contributed by atoms with Gasteiger partial charge in [0.05, 0.1) is 5.39 Å². The lowest BCUT2D eigenvalue weighted by Gasteiger charge is -2.20. The quantitative estimate of drug-likeness (QED) is 0.736. The largest absolute Gasteiger partial charge is 0.367 e. The second kappa shape index (κ2) is 7.92. The van der Waals surface area contributed by atoms with Crippen LogP contribution in [0.4, 0.5) is 5.82 Å². The Balaban J connectivity index is 1.92. The van der Waals surface area contributed by atoms with Gasteiger partial charge in [-0.1, -0.05) is 13.8 Å². The highest BCUT2D eigenvalue weighted by molar-refractivity contribution is 7.16. The number of fused-ring (bicyclic) bond motifs is 1. The number of nitrogens with zero attached hydrogens (tertiary/aromatic N) is 3. The van der Waals surface area contributed by atoms with Crippen molar-refractivity contribution < 1.29 is 0 Å². The molecule has 4 nitrogen and oxygen atoms in total. The first-order valence-corrected chi connectivity index (χ1v) is 8.79. The summed E-state index contributed by atoms with van der Waals surface area (Å²) in [6.07, 6.45) is 2.30. The fraction of sp³-hybridized carbons (Fsp3) is 0.600. The van der Waals surface area contributed by atoms with Crippen LogP contribution >= 0.6 is 22.9 Å². The maximum absolute atomic E-state index is 5.99. The third-order valence-electron chi connectivity index (χ3n) is 3.69. The monoisotopic (exact) mass is 326 g/mol. The summed E-state index contributed by atoms with van der Waals surface area (Å²) in [6, 6.07) is 2.41. The van der Waals surface area contributed by atoms with Crippen LogP contribution in [0.1, 0.15) is 33.6 Å². The van der Waals surface area contributed by atoms with Gasteiger partial charge < -0.3 is 10.2 Å². The van der Waals surface area contributed by atoms with Crippen LogP contribution in [-0.4, -0.2) is 40.5 Å². The van der Waals surface area contributed by atoms with Crippen molar-refractivity contribution in [2.45, 2.75) is 39.7 Å². The summed E-state index contributed by atoms with van der Waals surface area (Å²) in [6.45, 7) is 10.0. The zero-order valence-corrected chi connectivity index (χ0v) is 14.5. The molecule has 116 valence electrons. The van der Waals surface area contributed by atoms with Crippen molar-refractivity contribution in [3.05, 3.63) is 16.7 Å². The van der Waals surface area contributed by atoms with Gasteiger partial charge in [0.2, 0.25) is 5.28 Å². The van der Waals surface area contributed by atoms with Crippen LogP contribution in [0.3, 0.4) is 0 Å². The third-order valence-corrected chi connectivity index (χ3v) is 4.66. The van der Waals surface area contributed by atoms with Crippen LogP contribution in [0.15, 0.2) is 11.4 Å². The van der Waals surface area contributed by atoms with E-state index < -0.39 is 0 Å². The molecule has 2 heterocycles. The molecule has 1 N–H and O–H groups in total. The van der Waals surface area contributed by atoms with Crippen LogP contribution < -0.4 is 5.32 Å². The fourth-order valence-electron chi connectivity index (χ4n) is 2.41. The van der Waals surface area contributed by atoms with E-state index in [4.69, 9.17) is 11.6 Å². The summed E-state index contributed by atoms with van der Waals surface area (Å²) >= 11 is 7.57. The maximum atomic E-state index is 5.99. The Bertz CT molecular complexity index is 568. The summed E-state index contributed by atoms with van der Waals surface area (Å²) in [5.41, 5.74) is 0. The number of anilines is 1. The highest BCUT2D eigenvalue weighted by Gasteiger charge is 2.10. The van der Waals surface area contributed by atoms with Crippen LogP contribution in [0.25, 0.3) is 10.2 Å². The molecule has 0 amide bonds. The second-order valence-corrected chi connectivity index (χ2v) is 6.43. The molecule has 0 radical (unpaired) electrons. The first kappa shape index (κ1) is 16.5. The van der Waals surface area contributed by atoms with E-state index in [0.29, 0.717) is 11.3 Å². The summed E-state index contributed by atoms with van der Waals surface area (Å²) < 4.78 is 0. The molecule has 2 rings (SSSR count). The lowest BCUT2D eigenvalue weighted by atomic mass is 10.1. The Labute approximate surface area is 135 Å². The highest BCUT2D eigenvalue weighted by Crippen LogP contribution is 2.27. The molecule has 0 aromatic carbocycles. The molecular formula is C15H23ClN4S. The molecule has 0 fully saturated rings. The minimum Gasteiger partial charge on any atom is -0.367 e. The number of thiophene rings is 1. The first-order valence-electron chi connectivity index (χ1n) is 7.53. The van der Waals surface area contributed by atoms with E-state index in [0.717, 1.165) is 42.1 Å². The van der Waals surface area contributed by atoms with Gasteiger partial charge >= 0.3 is 0 Å². The first-order chi connectivity index (χ1) is 10.1. The van der Waals surface area contributed by atoms with Crippen LogP contribution in [0, 0.1) is 0 Å². The molecule has 0 aliphatic heterocycles. The molecule has 2 aromatic heterocycles. The van der Waals surface area contributed by atoms with Crippen LogP contribution in [0.5, 0.6) is 0 Å². The lowest BCUT2D eigenvalue weighted by molar-refractivity contribution is 0.295. The second-order valence-electron chi connectivity index (χ2n) is 5.20. The van der Waals surface area contributed by atoms with Crippen molar-refractivity contribution in [3.63, 3.8) is 0 Å². The maximum Gasteiger partial charge on any atom is 0.225 e. The fourth-order valence-corrected chi connectivity index (χ4v) is 3.39. The Kier molecular flexibility index (Phi) is 6.21. The number of hydrogen-bond donors (Lipinski definition) is 1. The Morgan fingerprint density at radius 2 is 2.10 bits per heavy atom. The van der Waals surface area contributed by atoms with E-state index in [9.17, 15) is 0 Å². The molecule has 0 aliphatic carbocycles. The summed E-state index contributed by atoms with van der Waals surface area (Å²) in [4.78, 5) is 12.0. The SMILES string of the molecule is CCN(CC)CCCC(C)Nc1nc(Cl)nc2sccc12. The molecule has 0 aliphatic rings. The average Bonchev–Trinajstić information content (AvgIpc) is 2.92. The Hall–Kier alpha value is -0.910. The summed E-state index contributed by atoms with van der Waals surface area (Å²) in [5.74, 6) is 0.849. The number of hydrogen-bond acceptors (Lipinski definition) is 5. The molecule has 0 bridgehead atoms. The molecule has 2 aromatic rings. The van der Waals surface area contributed by atoms with Crippen LogP contribution in [-0.2, 0) is 0 Å². The van der Waals surface area contributed by atoms with Gasteiger partial charge in [0.15, 0.2) is 0 Å². The summed E-state index contributed by atoms with van der Waals surface area (Å²) in [5, 5.41) is 6.86. The van der Waals surface area contributed by atoms with Crippen molar-refractivity contribution in [1.29, 1.82) is 0 Å². The van der Waals surface area contributed by atoms with Gasteiger partial charge in [0.1, 0.15) is 10.6 Å². The average molecular weight is 327 g/mol. The topological polar surface area (TPSA) is 41.0 Å². The highest BCUT2D eigenvalue weighted by atomic mass is 35.5. The number of rotatable bonds is 8. The molecule has 21 heavy (non-hydrogen) atoms. The minimum absolute atomic E-state index is 0.308. The van der Waals surface area contributed by atoms with Gasteiger partial charge in [0.25, 0.3) is 0 Å². The predicted molar refractivity (Wildman–Crippen MR) is 92.5 cm³/mol. The van der Waals surface area contributed by atoms with E-state index in [1.54, 1.807) is 11.3 Å². The van der Waals surface area contributed by atoms with Gasteiger partial charge in [-0.05, 0) is 62.4 Å². The number of nitrogens with one attached hydrogen (secondary N) is 1. The van der Waals surface area contributed by atoms with Crippen molar-refractivity contribution in [1.82, 2.24) is 14.9 Å². The lowest BCUT2D eigenvalue weighted by Crippen LogP contribution is -2.25. The molecule has 6 heteroatoms. The van der Waals surface area contributed by atoms with Crippen molar-refractivity contribution in [2.75, 3.05) is 25.0 Å². The van der Waals surface area contributed by atoms with E-state index in [1.807, 2.05) is 11.4 Å². The molecule has 0 spiro atoms.